The predicted molar refractivity (Wildman–Crippen MR) is 94.0 cm³/mol. The van der Waals surface area contributed by atoms with E-state index in [0.29, 0.717) is 12.2 Å². The number of halogens is 1. The Bertz CT molecular complexity index is 787. The van der Waals surface area contributed by atoms with Gasteiger partial charge in [0, 0.05) is 31.7 Å². The zero-order chi connectivity index (χ0) is 17.4. The Kier molecular flexibility index (Phi) is 4.29. The molecule has 4 rings (SSSR count). The van der Waals surface area contributed by atoms with Crippen LogP contribution in [0.2, 0.25) is 0 Å². The third-order valence-electron chi connectivity index (χ3n) is 5.13. The van der Waals surface area contributed by atoms with Crippen molar-refractivity contribution in [2.75, 3.05) is 11.4 Å². The molecule has 0 aliphatic carbocycles. The smallest absolute Gasteiger partial charge is 0.244 e. The SMILES string of the molecule is Cc1cn2c(n1)CC[C@@H](N[C@@H]1CCCN(c3ccccc3F)C1=O)C2. The molecule has 0 spiro atoms. The number of aryl methyl sites for hydroxylation is 2. The molecule has 132 valence electrons. The van der Waals surface area contributed by atoms with E-state index >= 15 is 0 Å². The van der Waals surface area contributed by atoms with Gasteiger partial charge in [-0.2, -0.15) is 0 Å². The molecule has 1 aromatic heterocycles. The Hall–Kier alpha value is -2.21. The number of nitrogens with zero attached hydrogens (tertiary/aromatic N) is 3. The Morgan fingerprint density at radius 2 is 2.12 bits per heavy atom. The second-order valence-electron chi connectivity index (χ2n) is 6.99. The lowest BCUT2D eigenvalue weighted by Gasteiger charge is -2.36. The number of para-hydroxylation sites is 1. The van der Waals surface area contributed by atoms with E-state index in [9.17, 15) is 9.18 Å². The number of amides is 1. The predicted octanol–water partition coefficient (Wildman–Crippen LogP) is 2.43. The summed E-state index contributed by atoms with van der Waals surface area (Å²) in [6.45, 7) is 3.41. The van der Waals surface area contributed by atoms with Gasteiger partial charge in [0.25, 0.3) is 0 Å². The van der Waals surface area contributed by atoms with Crippen LogP contribution < -0.4 is 10.2 Å². The topological polar surface area (TPSA) is 50.2 Å². The molecule has 0 saturated carbocycles. The molecular formula is C19H23FN4O. The molecule has 0 bridgehead atoms. The van der Waals surface area contributed by atoms with Crippen LogP contribution in [0.5, 0.6) is 0 Å². The zero-order valence-corrected chi connectivity index (χ0v) is 14.4. The fourth-order valence-corrected chi connectivity index (χ4v) is 3.95. The number of rotatable bonds is 3. The number of imidazole rings is 1. The average Bonchev–Trinajstić information content (AvgIpc) is 2.97. The van der Waals surface area contributed by atoms with Gasteiger partial charge in [0.2, 0.25) is 5.91 Å². The summed E-state index contributed by atoms with van der Waals surface area (Å²) in [5.74, 6) is 0.759. The van der Waals surface area contributed by atoms with Crippen molar-refractivity contribution in [3.05, 3.63) is 47.8 Å². The van der Waals surface area contributed by atoms with E-state index in [0.717, 1.165) is 43.7 Å². The molecule has 1 amide bonds. The van der Waals surface area contributed by atoms with E-state index in [1.807, 2.05) is 6.92 Å². The van der Waals surface area contributed by atoms with Crippen molar-refractivity contribution in [1.29, 1.82) is 0 Å². The van der Waals surface area contributed by atoms with Gasteiger partial charge >= 0.3 is 0 Å². The monoisotopic (exact) mass is 342 g/mol. The molecule has 2 aromatic rings. The maximum absolute atomic E-state index is 14.1. The van der Waals surface area contributed by atoms with Crippen LogP contribution in [-0.4, -0.2) is 34.1 Å². The number of aromatic nitrogens is 2. The van der Waals surface area contributed by atoms with Crippen molar-refractivity contribution in [3.63, 3.8) is 0 Å². The van der Waals surface area contributed by atoms with E-state index < -0.39 is 0 Å². The van der Waals surface area contributed by atoms with E-state index in [1.54, 1.807) is 23.1 Å². The summed E-state index contributed by atoms with van der Waals surface area (Å²) in [4.78, 5) is 19.0. The van der Waals surface area contributed by atoms with Crippen LogP contribution in [0.4, 0.5) is 10.1 Å². The third-order valence-corrected chi connectivity index (χ3v) is 5.13. The molecule has 2 aliphatic rings. The van der Waals surface area contributed by atoms with Gasteiger partial charge in [-0.1, -0.05) is 12.1 Å². The minimum atomic E-state index is -0.340. The molecule has 1 aromatic carbocycles. The average molecular weight is 342 g/mol. The number of carbonyl (C=O) groups is 1. The highest BCUT2D eigenvalue weighted by molar-refractivity contribution is 5.98. The molecule has 0 unspecified atom stereocenters. The number of piperidine rings is 1. The van der Waals surface area contributed by atoms with Gasteiger partial charge in [-0.25, -0.2) is 9.37 Å². The summed E-state index contributed by atoms with van der Waals surface area (Å²) in [7, 11) is 0. The van der Waals surface area contributed by atoms with Gasteiger partial charge in [-0.15, -0.1) is 0 Å². The fraction of sp³-hybridized carbons (Fsp3) is 0.474. The van der Waals surface area contributed by atoms with Gasteiger partial charge in [-0.3, -0.25) is 4.79 Å². The van der Waals surface area contributed by atoms with Crippen LogP contribution >= 0.6 is 0 Å². The van der Waals surface area contributed by atoms with Crippen LogP contribution in [-0.2, 0) is 17.8 Å². The van der Waals surface area contributed by atoms with Crippen molar-refractivity contribution in [2.45, 2.75) is 51.2 Å². The summed E-state index contributed by atoms with van der Waals surface area (Å²) in [6, 6.07) is 6.50. The van der Waals surface area contributed by atoms with Crippen molar-refractivity contribution in [3.8, 4) is 0 Å². The van der Waals surface area contributed by atoms with Crippen LogP contribution in [0, 0.1) is 12.7 Å². The third kappa shape index (κ3) is 3.18. The van der Waals surface area contributed by atoms with Crippen molar-refractivity contribution in [2.24, 2.45) is 0 Å². The van der Waals surface area contributed by atoms with Crippen molar-refractivity contribution < 1.29 is 9.18 Å². The summed E-state index contributed by atoms with van der Waals surface area (Å²) in [5, 5.41) is 3.51. The lowest BCUT2D eigenvalue weighted by Crippen LogP contribution is -2.55. The fourth-order valence-electron chi connectivity index (χ4n) is 3.95. The molecule has 6 heteroatoms. The summed E-state index contributed by atoms with van der Waals surface area (Å²) in [6.07, 6.45) is 5.64. The van der Waals surface area contributed by atoms with Crippen LogP contribution in [0.25, 0.3) is 0 Å². The number of carbonyl (C=O) groups excluding carboxylic acids is 1. The van der Waals surface area contributed by atoms with Gasteiger partial charge < -0.3 is 14.8 Å². The highest BCUT2D eigenvalue weighted by Crippen LogP contribution is 2.25. The number of hydrogen-bond acceptors (Lipinski definition) is 3. The summed E-state index contributed by atoms with van der Waals surface area (Å²) < 4.78 is 16.3. The van der Waals surface area contributed by atoms with Gasteiger partial charge in [-0.05, 0) is 38.3 Å². The Balaban J connectivity index is 1.46. The van der Waals surface area contributed by atoms with Crippen LogP contribution in [0.15, 0.2) is 30.5 Å². The first-order chi connectivity index (χ1) is 12.1. The molecule has 2 atom stereocenters. The molecule has 3 heterocycles. The number of fused-ring (bicyclic) bond motifs is 1. The molecular weight excluding hydrogens is 319 g/mol. The van der Waals surface area contributed by atoms with Crippen molar-refractivity contribution in [1.82, 2.24) is 14.9 Å². The molecule has 25 heavy (non-hydrogen) atoms. The number of nitrogens with one attached hydrogen (secondary N) is 1. The number of benzene rings is 1. The number of anilines is 1. The Morgan fingerprint density at radius 1 is 1.28 bits per heavy atom. The first-order valence-corrected chi connectivity index (χ1v) is 8.96. The summed E-state index contributed by atoms with van der Waals surface area (Å²) >= 11 is 0. The normalized spacial score (nSPS) is 23.6. The maximum Gasteiger partial charge on any atom is 0.244 e. The van der Waals surface area contributed by atoms with E-state index in [2.05, 4.69) is 21.1 Å². The Labute approximate surface area is 146 Å². The van der Waals surface area contributed by atoms with Gasteiger partial charge in [0.05, 0.1) is 17.4 Å². The van der Waals surface area contributed by atoms with E-state index in [4.69, 9.17) is 0 Å². The molecule has 1 fully saturated rings. The highest BCUT2D eigenvalue weighted by Gasteiger charge is 2.33. The van der Waals surface area contributed by atoms with E-state index in [-0.39, 0.29) is 23.8 Å². The minimum Gasteiger partial charge on any atom is -0.333 e. The second-order valence-corrected chi connectivity index (χ2v) is 6.99. The van der Waals surface area contributed by atoms with Crippen molar-refractivity contribution >= 4 is 11.6 Å². The summed E-state index contributed by atoms with van der Waals surface area (Å²) in [5.41, 5.74) is 1.42. The van der Waals surface area contributed by atoms with Gasteiger partial charge in [0.1, 0.15) is 11.6 Å². The Morgan fingerprint density at radius 3 is 2.96 bits per heavy atom. The lowest BCUT2D eigenvalue weighted by atomic mass is 10.00. The highest BCUT2D eigenvalue weighted by atomic mass is 19.1. The maximum atomic E-state index is 14.1. The first-order valence-electron chi connectivity index (χ1n) is 8.96. The van der Waals surface area contributed by atoms with Crippen LogP contribution in [0.1, 0.15) is 30.8 Å². The minimum absolute atomic E-state index is 0.0241. The molecule has 2 aliphatic heterocycles. The lowest BCUT2D eigenvalue weighted by molar-refractivity contribution is -0.122. The van der Waals surface area contributed by atoms with Crippen LogP contribution in [0.3, 0.4) is 0 Å². The zero-order valence-electron chi connectivity index (χ0n) is 14.4. The molecule has 0 radical (unpaired) electrons. The van der Waals surface area contributed by atoms with Gasteiger partial charge in [0.15, 0.2) is 0 Å². The number of hydrogen-bond donors (Lipinski definition) is 1. The quantitative estimate of drug-likeness (QED) is 0.932. The van der Waals surface area contributed by atoms with E-state index in [1.165, 1.54) is 6.07 Å². The molecule has 5 nitrogen and oxygen atoms in total. The first kappa shape index (κ1) is 16.3. The standard InChI is InChI=1S/C19H23FN4O/c1-13-11-23-12-14(8-9-18(23)21-13)22-16-6-4-10-24(19(16)25)17-7-3-2-5-15(17)20/h2-3,5,7,11,14,16,22H,4,6,8-10,12H2,1H3/t14-,16-/m1/s1. The molecule has 1 saturated heterocycles. The largest absolute Gasteiger partial charge is 0.333 e. The second kappa shape index (κ2) is 6.59. The molecule has 1 N–H and O–H groups in total.